The van der Waals surface area contributed by atoms with E-state index in [1.165, 1.54) is 5.56 Å². The highest BCUT2D eigenvalue weighted by atomic mass is 28.3. The van der Waals surface area contributed by atoms with Crippen LogP contribution in [-0.4, -0.2) is 13.9 Å². The third-order valence-corrected chi connectivity index (χ3v) is 4.40. The van der Waals surface area contributed by atoms with Gasteiger partial charge in [0.15, 0.2) is 0 Å². The van der Waals surface area contributed by atoms with Crippen LogP contribution >= 0.6 is 0 Å². The molecule has 0 N–H and O–H groups in total. The van der Waals surface area contributed by atoms with Crippen molar-refractivity contribution in [3.05, 3.63) is 35.9 Å². The maximum atomic E-state index is 11.4. The summed E-state index contributed by atoms with van der Waals surface area (Å²) in [5.41, 5.74) is 1.26. The van der Waals surface area contributed by atoms with Gasteiger partial charge in [-0.2, -0.15) is 0 Å². The number of Topliss-reactive ketones (excluding diaryl/α,β-unsaturated/α-hetero) is 1. The van der Waals surface area contributed by atoms with Crippen LogP contribution in [0.5, 0.6) is 0 Å². The average Bonchev–Trinajstić information content (AvgIpc) is 2.36. The number of ketones is 1. The molecule has 0 radical (unpaired) electrons. The van der Waals surface area contributed by atoms with Crippen LogP contribution in [0.1, 0.15) is 37.7 Å². The fourth-order valence-electron chi connectivity index (χ4n) is 2.12. The first-order chi connectivity index (χ1) is 9.38. The molecule has 0 unspecified atom stereocenters. The van der Waals surface area contributed by atoms with Crippen molar-refractivity contribution < 1.29 is 4.79 Å². The number of hydrogen-bond donors (Lipinski definition) is 0. The summed E-state index contributed by atoms with van der Waals surface area (Å²) in [5.74, 6) is 7.17. The summed E-state index contributed by atoms with van der Waals surface area (Å²) in [6.07, 6.45) is 2.49. The molecular formula is C18H26OSi. The maximum Gasteiger partial charge on any atom is 0.130 e. The molecule has 0 saturated heterocycles. The molecule has 0 bridgehead atoms. The van der Waals surface area contributed by atoms with Crippen LogP contribution in [0.2, 0.25) is 25.7 Å². The Balaban J connectivity index is 2.56. The Morgan fingerprint density at radius 2 is 1.80 bits per heavy atom. The Morgan fingerprint density at radius 3 is 2.35 bits per heavy atom. The minimum atomic E-state index is -1.05. The van der Waals surface area contributed by atoms with Crippen molar-refractivity contribution in [3.8, 4) is 11.8 Å². The molecule has 0 spiro atoms. The van der Waals surface area contributed by atoms with Gasteiger partial charge >= 0.3 is 0 Å². The van der Waals surface area contributed by atoms with Crippen LogP contribution in [0.15, 0.2) is 30.3 Å². The van der Waals surface area contributed by atoms with Crippen LogP contribution in [0.3, 0.4) is 0 Å². The Kier molecular flexibility index (Phi) is 6.74. The molecule has 1 nitrogen and oxygen atoms in total. The highest BCUT2D eigenvalue weighted by molar-refractivity contribution is 6.76. The van der Waals surface area contributed by atoms with E-state index in [4.69, 9.17) is 0 Å². The fraction of sp³-hybridized carbons (Fsp3) is 0.500. The van der Waals surface area contributed by atoms with Crippen LogP contribution in [0.4, 0.5) is 0 Å². The second kappa shape index (κ2) is 8.07. The highest BCUT2D eigenvalue weighted by Gasteiger charge is 2.13. The zero-order valence-corrected chi connectivity index (χ0v) is 14.2. The SMILES string of the molecule is CC(=O)C[C@H](CCC#CC[Si](C)(C)C)c1ccccc1. The van der Waals surface area contributed by atoms with Gasteiger partial charge in [0.2, 0.25) is 0 Å². The highest BCUT2D eigenvalue weighted by Crippen LogP contribution is 2.24. The van der Waals surface area contributed by atoms with Gasteiger partial charge in [-0.25, -0.2) is 0 Å². The minimum Gasteiger partial charge on any atom is -0.300 e. The average molecular weight is 286 g/mol. The van der Waals surface area contributed by atoms with Gasteiger partial charge in [-0.15, -0.1) is 11.8 Å². The van der Waals surface area contributed by atoms with Crippen molar-refractivity contribution in [3.63, 3.8) is 0 Å². The summed E-state index contributed by atoms with van der Waals surface area (Å²) in [4.78, 5) is 11.4. The quantitative estimate of drug-likeness (QED) is 0.538. The largest absolute Gasteiger partial charge is 0.300 e. The molecule has 20 heavy (non-hydrogen) atoms. The van der Waals surface area contributed by atoms with E-state index in [0.29, 0.717) is 12.3 Å². The Bertz CT molecular complexity index is 474. The first-order valence-corrected chi connectivity index (χ1v) is 11.1. The lowest BCUT2D eigenvalue weighted by Crippen LogP contribution is -2.17. The summed E-state index contributed by atoms with van der Waals surface area (Å²) in [6.45, 7) is 8.69. The monoisotopic (exact) mass is 286 g/mol. The van der Waals surface area contributed by atoms with Crippen molar-refractivity contribution in [2.45, 2.75) is 57.8 Å². The standard InChI is InChI=1S/C18H26OSi/c1-16(19)15-18(17-11-7-5-8-12-17)13-9-6-10-14-20(2,3)4/h5,7-8,11-12,18H,9,13-15H2,1-4H3/t18-/m0/s1. The van der Waals surface area contributed by atoms with E-state index in [9.17, 15) is 4.79 Å². The molecule has 108 valence electrons. The van der Waals surface area contributed by atoms with Crippen molar-refractivity contribution in [2.75, 3.05) is 0 Å². The third kappa shape index (κ3) is 7.30. The van der Waals surface area contributed by atoms with Crippen LogP contribution in [0.25, 0.3) is 0 Å². The van der Waals surface area contributed by atoms with Crippen molar-refractivity contribution in [1.82, 2.24) is 0 Å². The van der Waals surface area contributed by atoms with Gasteiger partial charge in [-0.05, 0) is 24.8 Å². The lowest BCUT2D eigenvalue weighted by molar-refractivity contribution is -0.117. The maximum absolute atomic E-state index is 11.4. The molecular weight excluding hydrogens is 260 g/mol. The van der Waals surface area contributed by atoms with E-state index in [0.717, 1.165) is 18.9 Å². The Hall–Kier alpha value is -1.33. The van der Waals surface area contributed by atoms with Gasteiger partial charge < -0.3 is 4.79 Å². The minimum absolute atomic E-state index is 0.258. The van der Waals surface area contributed by atoms with Crippen molar-refractivity contribution >= 4 is 13.9 Å². The number of benzene rings is 1. The van der Waals surface area contributed by atoms with Crippen LogP contribution in [0, 0.1) is 11.8 Å². The second-order valence-electron chi connectivity index (χ2n) is 6.64. The van der Waals surface area contributed by atoms with Gasteiger partial charge in [-0.3, -0.25) is 0 Å². The predicted octanol–water partition coefficient (Wildman–Crippen LogP) is 4.87. The van der Waals surface area contributed by atoms with E-state index < -0.39 is 8.07 Å². The van der Waals surface area contributed by atoms with E-state index in [-0.39, 0.29) is 5.78 Å². The summed E-state index contributed by atoms with van der Waals surface area (Å²) >= 11 is 0. The van der Waals surface area contributed by atoms with Gasteiger partial charge in [0.05, 0.1) is 8.07 Å². The number of carbonyl (C=O) groups is 1. The molecule has 0 aliphatic heterocycles. The molecule has 0 aromatic heterocycles. The molecule has 1 rings (SSSR count). The summed E-state index contributed by atoms with van der Waals surface area (Å²) in [6, 6.07) is 11.4. The zero-order chi connectivity index (χ0) is 15.0. The molecule has 0 aliphatic carbocycles. The molecule has 0 amide bonds. The molecule has 1 aromatic rings. The normalized spacial score (nSPS) is 12.4. The van der Waals surface area contributed by atoms with Gasteiger partial charge in [0.25, 0.3) is 0 Å². The van der Waals surface area contributed by atoms with E-state index >= 15 is 0 Å². The zero-order valence-electron chi connectivity index (χ0n) is 13.2. The topological polar surface area (TPSA) is 17.1 Å². The number of hydrogen-bond acceptors (Lipinski definition) is 1. The molecule has 0 heterocycles. The number of rotatable bonds is 6. The van der Waals surface area contributed by atoms with E-state index in [1.807, 2.05) is 18.2 Å². The lowest BCUT2D eigenvalue weighted by Gasteiger charge is -2.14. The fourth-order valence-corrected chi connectivity index (χ4v) is 2.78. The molecule has 1 aromatic carbocycles. The molecule has 1 atom stereocenters. The van der Waals surface area contributed by atoms with Crippen LogP contribution < -0.4 is 0 Å². The first kappa shape index (κ1) is 16.7. The Labute approximate surface area is 124 Å². The Morgan fingerprint density at radius 1 is 1.15 bits per heavy atom. The van der Waals surface area contributed by atoms with Crippen LogP contribution in [-0.2, 0) is 4.79 Å². The van der Waals surface area contributed by atoms with E-state index in [2.05, 4.69) is 43.6 Å². The molecule has 0 fully saturated rings. The smallest absolute Gasteiger partial charge is 0.130 e. The third-order valence-electron chi connectivity index (χ3n) is 3.17. The summed E-state index contributed by atoms with van der Waals surface area (Å²) in [7, 11) is -1.05. The van der Waals surface area contributed by atoms with Crippen molar-refractivity contribution in [1.29, 1.82) is 0 Å². The van der Waals surface area contributed by atoms with Crippen molar-refractivity contribution in [2.24, 2.45) is 0 Å². The predicted molar refractivity (Wildman–Crippen MR) is 89.6 cm³/mol. The van der Waals surface area contributed by atoms with E-state index in [1.54, 1.807) is 6.92 Å². The summed E-state index contributed by atoms with van der Waals surface area (Å²) in [5, 5.41) is 0. The van der Waals surface area contributed by atoms with Gasteiger partial charge in [0.1, 0.15) is 5.78 Å². The lowest BCUT2D eigenvalue weighted by atomic mass is 9.90. The molecule has 2 heteroatoms. The number of carbonyl (C=O) groups excluding carboxylic acids is 1. The first-order valence-electron chi connectivity index (χ1n) is 7.38. The van der Waals surface area contributed by atoms with Gasteiger partial charge in [-0.1, -0.05) is 50.0 Å². The summed E-state index contributed by atoms with van der Waals surface area (Å²) < 4.78 is 0. The second-order valence-corrected chi connectivity index (χ2v) is 12.1. The molecule has 0 saturated carbocycles. The molecule has 0 aliphatic rings. The van der Waals surface area contributed by atoms with Gasteiger partial charge in [0, 0.05) is 18.9 Å².